The molecule has 0 fully saturated rings. The number of fused-ring (bicyclic) bond motifs is 1. The van der Waals surface area contributed by atoms with Gasteiger partial charge in [-0.25, -0.2) is 9.79 Å². The summed E-state index contributed by atoms with van der Waals surface area (Å²) in [6, 6.07) is 24.9. The summed E-state index contributed by atoms with van der Waals surface area (Å²) in [5.74, 6) is -0.475. The Morgan fingerprint density at radius 2 is 1.84 bits per heavy atom. The second kappa shape index (κ2) is 10.7. The largest absolute Gasteiger partial charge is 0.463 e. The number of hydrogen-bond donors (Lipinski definition) is 0. The summed E-state index contributed by atoms with van der Waals surface area (Å²) in [5, 5.41) is 0. The van der Waals surface area contributed by atoms with Crippen LogP contribution in [0.1, 0.15) is 35.2 Å². The van der Waals surface area contributed by atoms with E-state index in [1.807, 2.05) is 98.1 Å². The Morgan fingerprint density at radius 1 is 1.08 bits per heavy atom. The lowest BCUT2D eigenvalue weighted by molar-refractivity contribution is -0.138. The second-order valence-electron chi connectivity index (χ2n) is 8.62. The molecule has 1 aromatic heterocycles. The van der Waals surface area contributed by atoms with Crippen molar-refractivity contribution in [1.82, 2.24) is 4.57 Å². The average molecular weight is 527 g/mol. The minimum absolute atomic E-state index is 0.182. The number of thioether (sulfide) groups is 1. The van der Waals surface area contributed by atoms with E-state index in [1.165, 1.54) is 11.3 Å². The van der Waals surface area contributed by atoms with E-state index < -0.39 is 12.0 Å². The van der Waals surface area contributed by atoms with Crippen LogP contribution in [0.4, 0.5) is 0 Å². The van der Waals surface area contributed by atoms with E-state index in [9.17, 15) is 9.59 Å². The van der Waals surface area contributed by atoms with Crippen LogP contribution in [0.3, 0.4) is 0 Å². The Kier molecular flexibility index (Phi) is 7.26. The van der Waals surface area contributed by atoms with Crippen molar-refractivity contribution in [2.45, 2.75) is 24.8 Å². The zero-order valence-corrected chi connectivity index (χ0v) is 22.4. The van der Waals surface area contributed by atoms with Gasteiger partial charge in [0, 0.05) is 10.5 Å². The van der Waals surface area contributed by atoms with Gasteiger partial charge in [0.25, 0.3) is 5.56 Å². The van der Waals surface area contributed by atoms with Gasteiger partial charge in [-0.1, -0.05) is 83.6 Å². The number of ether oxygens (including phenoxy) is 1. The summed E-state index contributed by atoms with van der Waals surface area (Å²) in [5.41, 5.74) is 4.39. The molecule has 37 heavy (non-hydrogen) atoms. The summed E-state index contributed by atoms with van der Waals surface area (Å²) in [4.78, 5) is 33.9. The molecule has 0 aliphatic carbocycles. The fraction of sp³-hybridized carbons (Fsp3) is 0.167. The number of aryl methyl sites for hydroxylation is 1. The van der Waals surface area contributed by atoms with Gasteiger partial charge < -0.3 is 4.74 Å². The highest BCUT2D eigenvalue weighted by molar-refractivity contribution is 7.98. The monoisotopic (exact) mass is 526 g/mol. The van der Waals surface area contributed by atoms with Gasteiger partial charge in [0.1, 0.15) is 0 Å². The summed E-state index contributed by atoms with van der Waals surface area (Å²) in [7, 11) is 0. The zero-order chi connectivity index (χ0) is 25.9. The summed E-state index contributed by atoms with van der Waals surface area (Å²) in [6.45, 7) is 4.02. The van der Waals surface area contributed by atoms with Crippen molar-refractivity contribution in [3.63, 3.8) is 0 Å². The number of rotatable bonds is 6. The number of hydrogen-bond acceptors (Lipinski definition) is 6. The van der Waals surface area contributed by atoms with Gasteiger partial charge in [0.05, 0.1) is 28.5 Å². The molecule has 186 valence electrons. The van der Waals surface area contributed by atoms with Gasteiger partial charge in [-0.2, -0.15) is 0 Å². The lowest BCUT2D eigenvalue weighted by Gasteiger charge is -2.26. The van der Waals surface area contributed by atoms with Crippen molar-refractivity contribution in [2.24, 2.45) is 4.99 Å². The molecular weight excluding hydrogens is 500 g/mol. The number of carbonyl (C=O) groups is 1. The third-order valence-corrected chi connectivity index (χ3v) is 7.87. The average Bonchev–Trinajstić information content (AvgIpc) is 3.22. The maximum Gasteiger partial charge on any atom is 0.338 e. The van der Waals surface area contributed by atoms with Gasteiger partial charge >= 0.3 is 5.97 Å². The zero-order valence-electron chi connectivity index (χ0n) is 20.8. The van der Waals surface area contributed by atoms with Gasteiger partial charge in [-0.3, -0.25) is 9.36 Å². The molecule has 0 radical (unpaired) electrons. The molecule has 1 atom stereocenters. The van der Waals surface area contributed by atoms with Crippen molar-refractivity contribution < 1.29 is 9.53 Å². The maximum absolute atomic E-state index is 13.9. The summed E-state index contributed by atoms with van der Waals surface area (Å²) < 4.78 is 7.72. The highest BCUT2D eigenvalue weighted by Gasteiger charge is 2.35. The van der Waals surface area contributed by atoms with Crippen LogP contribution in [0.25, 0.3) is 11.8 Å². The lowest BCUT2D eigenvalue weighted by atomic mass is 9.93. The third-order valence-electron chi connectivity index (χ3n) is 6.15. The highest BCUT2D eigenvalue weighted by atomic mass is 32.2. The fourth-order valence-corrected chi connectivity index (χ4v) is 5.86. The lowest BCUT2D eigenvalue weighted by Crippen LogP contribution is -2.40. The number of carbonyl (C=O) groups excluding carboxylic acids is 1. The van der Waals surface area contributed by atoms with Crippen LogP contribution >= 0.6 is 23.1 Å². The predicted octanol–water partition coefficient (Wildman–Crippen LogP) is 4.97. The smallest absolute Gasteiger partial charge is 0.338 e. The van der Waals surface area contributed by atoms with E-state index in [0.29, 0.717) is 20.6 Å². The van der Waals surface area contributed by atoms with Crippen molar-refractivity contribution in [2.75, 3.05) is 12.9 Å². The number of thiazole rings is 1. The molecule has 0 saturated carbocycles. The Balaban J connectivity index is 1.82. The van der Waals surface area contributed by atoms with Crippen molar-refractivity contribution in [1.29, 1.82) is 0 Å². The van der Waals surface area contributed by atoms with Gasteiger partial charge in [-0.15, -0.1) is 11.8 Å². The van der Waals surface area contributed by atoms with E-state index >= 15 is 0 Å². The Bertz CT molecular complexity index is 1670. The first kappa shape index (κ1) is 25.0. The standard InChI is InChI=1S/C30H26N2O3S2/c1-4-35-29(34)25-26(21-11-6-5-7-12-21)31-30-32(27(25)22-13-15-23(36-3)16-14-22)28(33)24(37-30)18-20-10-8-9-19(2)17-20/h5-18,27H,4H2,1-3H3/b24-18+/t27-/m1/s1. The quantitative estimate of drug-likeness (QED) is 0.263. The minimum Gasteiger partial charge on any atom is -0.463 e. The maximum atomic E-state index is 13.9. The molecule has 1 aliphatic heterocycles. The Morgan fingerprint density at radius 3 is 2.51 bits per heavy atom. The van der Waals surface area contributed by atoms with Gasteiger partial charge in [0.2, 0.25) is 0 Å². The van der Waals surface area contributed by atoms with Crippen LogP contribution in [-0.4, -0.2) is 23.4 Å². The highest BCUT2D eigenvalue weighted by Crippen LogP contribution is 2.35. The molecule has 5 nitrogen and oxygen atoms in total. The van der Waals surface area contributed by atoms with E-state index in [4.69, 9.17) is 9.73 Å². The van der Waals surface area contributed by atoms with Crippen LogP contribution in [0, 0.1) is 6.92 Å². The molecular formula is C30H26N2O3S2. The Labute approximate surface area is 223 Å². The van der Waals surface area contributed by atoms with E-state index in [-0.39, 0.29) is 12.2 Å². The normalized spacial score (nSPS) is 15.3. The van der Waals surface area contributed by atoms with Crippen molar-refractivity contribution in [3.8, 4) is 0 Å². The van der Waals surface area contributed by atoms with Crippen LogP contribution in [-0.2, 0) is 9.53 Å². The third kappa shape index (κ3) is 4.97. The van der Waals surface area contributed by atoms with Gasteiger partial charge in [0.15, 0.2) is 4.80 Å². The van der Waals surface area contributed by atoms with Crippen molar-refractivity contribution >= 4 is 40.8 Å². The SMILES string of the molecule is CCOC(=O)C1=C(c2ccccc2)N=c2s/c(=C/c3cccc(C)c3)c(=O)n2[C@@H]1c1ccc(SC)cc1. The van der Waals surface area contributed by atoms with Crippen LogP contribution in [0.5, 0.6) is 0 Å². The summed E-state index contributed by atoms with van der Waals surface area (Å²) >= 11 is 2.97. The minimum atomic E-state index is -0.666. The molecule has 0 spiro atoms. The molecule has 5 rings (SSSR count). The molecule has 0 amide bonds. The Hall–Kier alpha value is -3.68. The molecule has 3 aromatic carbocycles. The number of esters is 1. The molecule has 0 bridgehead atoms. The molecule has 4 aromatic rings. The molecule has 2 heterocycles. The van der Waals surface area contributed by atoms with E-state index in [2.05, 4.69) is 0 Å². The molecule has 1 aliphatic rings. The number of nitrogens with zero attached hydrogens (tertiary/aromatic N) is 2. The first-order chi connectivity index (χ1) is 18.0. The number of aromatic nitrogens is 1. The molecule has 7 heteroatoms. The van der Waals surface area contributed by atoms with Gasteiger partial charge in [-0.05, 0) is 49.4 Å². The van der Waals surface area contributed by atoms with E-state index in [1.54, 1.807) is 23.3 Å². The topological polar surface area (TPSA) is 60.7 Å². The van der Waals surface area contributed by atoms with Crippen LogP contribution < -0.4 is 14.9 Å². The van der Waals surface area contributed by atoms with E-state index in [0.717, 1.165) is 27.1 Å². The predicted molar refractivity (Wildman–Crippen MR) is 150 cm³/mol. The molecule has 0 saturated heterocycles. The molecule has 0 N–H and O–H groups in total. The fourth-order valence-electron chi connectivity index (χ4n) is 4.45. The van der Waals surface area contributed by atoms with Crippen LogP contribution in [0.15, 0.2) is 99.1 Å². The molecule has 0 unspecified atom stereocenters. The first-order valence-corrected chi connectivity index (χ1v) is 14.0. The number of benzene rings is 3. The second-order valence-corrected chi connectivity index (χ2v) is 10.5. The summed E-state index contributed by atoms with van der Waals surface area (Å²) in [6.07, 6.45) is 3.90. The van der Waals surface area contributed by atoms with Crippen molar-refractivity contribution in [3.05, 3.63) is 126 Å². The van der Waals surface area contributed by atoms with Crippen LogP contribution in [0.2, 0.25) is 0 Å². The first-order valence-electron chi connectivity index (χ1n) is 12.0.